The number of nitrogens with zero attached hydrogens (tertiary/aromatic N) is 2. The predicted molar refractivity (Wildman–Crippen MR) is 128 cm³/mol. The molecule has 3 aromatic rings. The molecular weight excluding hydrogens is 457 g/mol. The number of carbonyl (C=O) groups is 2. The molecule has 3 aromatic carbocycles. The highest BCUT2D eigenvalue weighted by atomic mass is 35.5. The van der Waals surface area contributed by atoms with Crippen molar-refractivity contribution in [1.29, 1.82) is 0 Å². The minimum Gasteiger partial charge on any atom is -0.508 e. The Morgan fingerprint density at radius 1 is 1.00 bits per heavy atom. The van der Waals surface area contributed by atoms with E-state index in [2.05, 4.69) is 5.32 Å². The van der Waals surface area contributed by atoms with Crippen LogP contribution in [0.25, 0.3) is 0 Å². The molecule has 0 radical (unpaired) electrons. The van der Waals surface area contributed by atoms with Gasteiger partial charge in [-0.1, -0.05) is 35.9 Å². The summed E-state index contributed by atoms with van der Waals surface area (Å²) in [4.78, 5) is 29.7. The van der Waals surface area contributed by atoms with Crippen LogP contribution < -0.4 is 10.2 Å². The van der Waals surface area contributed by atoms with Gasteiger partial charge in [-0.25, -0.2) is 9.18 Å². The van der Waals surface area contributed by atoms with Crippen molar-refractivity contribution in [3.8, 4) is 5.75 Å². The van der Waals surface area contributed by atoms with E-state index in [4.69, 9.17) is 11.6 Å². The number of β-lactam (4-membered cyclic amide) rings is 1. The number of phenols is 1. The van der Waals surface area contributed by atoms with E-state index in [1.807, 2.05) is 0 Å². The first-order valence-electron chi connectivity index (χ1n) is 11.1. The Balaban J connectivity index is 1.38. The summed E-state index contributed by atoms with van der Waals surface area (Å²) in [5.74, 6) is -0.267. The van der Waals surface area contributed by atoms with Gasteiger partial charge >= 0.3 is 6.03 Å². The molecule has 0 aromatic heterocycles. The number of urea groups is 1. The van der Waals surface area contributed by atoms with E-state index in [1.165, 1.54) is 12.1 Å². The van der Waals surface area contributed by atoms with Crippen LogP contribution in [0.1, 0.15) is 24.4 Å². The highest BCUT2D eigenvalue weighted by Crippen LogP contribution is 2.57. The first-order valence-corrected chi connectivity index (χ1v) is 11.5. The number of amides is 3. The quantitative estimate of drug-likeness (QED) is 0.481. The van der Waals surface area contributed by atoms with Gasteiger partial charge < -0.3 is 20.2 Å². The molecule has 0 bridgehead atoms. The van der Waals surface area contributed by atoms with E-state index in [0.717, 1.165) is 5.56 Å². The van der Waals surface area contributed by atoms with Gasteiger partial charge in [-0.15, -0.1) is 0 Å². The van der Waals surface area contributed by atoms with E-state index >= 15 is 0 Å². The van der Waals surface area contributed by atoms with Crippen LogP contribution in [0.2, 0.25) is 5.02 Å². The molecule has 1 atom stereocenters. The monoisotopic (exact) mass is 479 g/mol. The van der Waals surface area contributed by atoms with Gasteiger partial charge in [0.05, 0.1) is 22.2 Å². The van der Waals surface area contributed by atoms with Crippen LogP contribution in [0.15, 0.2) is 72.8 Å². The smallest absolute Gasteiger partial charge is 0.321 e. The molecule has 2 aliphatic rings. The Hall–Kier alpha value is -3.58. The van der Waals surface area contributed by atoms with E-state index in [-0.39, 0.29) is 29.5 Å². The lowest BCUT2D eigenvalue weighted by Gasteiger charge is -2.59. The molecule has 5 rings (SSSR count). The van der Waals surface area contributed by atoms with Gasteiger partial charge in [0.25, 0.3) is 0 Å². The minimum absolute atomic E-state index is 0.0386. The third kappa shape index (κ3) is 3.76. The molecule has 8 heteroatoms. The lowest BCUT2D eigenvalue weighted by Crippen LogP contribution is -2.67. The molecule has 0 aliphatic carbocycles. The molecule has 2 saturated heterocycles. The maximum Gasteiger partial charge on any atom is 0.321 e. The largest absolute Gasteiger partial charge is 0.508 e. The Kier molecular flexibility index (Phi) is 5.65. The number of nitrogens with one attached hydrogen (secondary N) is 1. The third-order valence-corrected chi connectivity index (χ3v) is 7.13. The summed E-state index contributed by atoms with van der Waals surface area (Å²) in [7, 11) is 0. The fraction of sp³-hybridized carbons (Fsp3) is 0.231. The molecule has 1 unspecified atom stereocenters. The van der Waals surface area contributed by atoms with E-state index < -0.39 is 5.41 Å². The molecule has 2 aliphatic heterocycles. The summed E-state index contributed by atoms with van der Waals surface area (Å²) in [6.07, 6.45) is 0.982. The average Bonchev–Trinajstić information content (AvgIpc) is 2.85. The van der Waals surface area contributed by atoms with E-state index in [0.29, 0.717) is 42.3 Å². The van der Waals surface area contributed by atoms with Crippen LogP contribution in [0.5, 0.6) is 5.75 Å². The van der Waals surface area contributed by atoms with Crippen molar-refractivity contribution in [2.45, 2.75) is 18.9 Å². The standard InChI is InChI=1S/C26H23ClFN3O3/c27-21-3-1-2-4-22(21)29-25(34)30-15-13-26(14-16-30)23(17-5-11-20(32)12-6-17)31(24(26)33)19-9-7-18(28)8-10-19/h1-12,23,32H,13-16H2,(H,29,34). The number of hydrogen-bond acceptors (Lipinski definition) is 3. The molecular formula is C26H23ClFN3O3. The molecule has 174 valence electrons. The molecule has 2 heterocycles. The Morgan fingerprint density at radius 2 is 1.65 bits per heavy atom. The van der Waals surface area contributed by atoms with Crippen molar-refractivity contribution in [2.75, 3.05) is 23.3 Å². The van der Waals surface area contributed by atoms with Crippen molar-refractivity contribution in [1.82, 2.24) is 4.90 Å². The number of anilines is 2. The zero-order chi connectivity index (χ0) is 23.9. The Bertz CT molecular complexity index is 1220. The van der Waals surface area contributed by atoms with Gasteiger partial charge in [0, 0.05) is 18.8 Å². The number of benzene rings is 3. The zero-order valence-electron chi connectivity index (χ0n) is 18.2. The normalized spacial score (nSPS) is 19.1. The predicted octanol–water partition coefficient (Wildman–Crippen LogP) is 5.59. The zero-order valence-corrected chi connectivity index (χ0v) is 19.0. The Morgan fingerprint density at radius 3 is 2.29 bits per heavy atom. The number of hydrogen-bond donors (Lipinski definition) is 2. The van der Waals surface area contributed by atoms with Crippen LogP contribution in [0, 0.1) is 11.2 Å². The second kappa shape index (κ2) is 8.65. The molecule has 2 N–H and O–H groups in total. The summed E-state index contributed by atoms with van der Waals surface area (Å²) in [5.41, 5.74) is 1.37. The number of para-hydroxylation sites is 1. The van der Waals surface area contributed by atoms with Crippen molar-refractivity contribution >= 4 is 34.9 Å². The van der Waals surface area contributed by atoms with Crippen molar-refractivity contribution in [3.63, 3.8) is 0 Å². The van der Waals surface area contributed by atoms with Crippen LogP contribution in [-0.2, 0) is 4.79 Å². The van der Waals surface area contributed by atoms with E-state index in [1.54, 1.807) is 70.5 Å². The summed E-state index contributed by atoms with van der Waals surface area (Å²) >= 11 is 6.16. The van der Waals surface area contributed by atoms with Crippen LogP contribution in [0.4, 0.5) is 20.6 Å². The van der Waals surface area contributed by atoms with Gasteiger partial charge in [0.1, 0.15) is 11.6 Å². The number of carbonyl (C=O) groups excluding carboxylic acids is 2. The summed E-state index contributed by atoms with van der Waals surface area (Å²) in [6, 6.07) is 19.2. The fourth-order valence-electron chi connectivity index (χ4n) is 5.00. The number of phenolic OH excluding ortho intramolecular Hbond substituents is 1. The van der Waals surface area contributed by atoms with Crippen LogP contribution in [-0.4, -0.2) is 35.0 Å². The van der Waals surface area contributed by atoms with E-state index in [9.17, 15) is 19.1 Å². The number of rotatable bonds is 3. The summed E-state index contributed by atoms with van der Waals surface area (Å²) in [5, 5.41) is 13.0. The maximum absolute atomic E-state index is 13.5. The third-order valence-electron chi connectivity index (χ3n) is 6.80. The number of piperidine rings is 1. The molecule has 0 saturated carbocycles. The summed E-state index contributed by atoms with van der Waals surface area (Å²) in [6.45, 7) is 0.821. The van der Waals surface area contributed by atoms with Crippen LogP contribution in [0.3, 0.4) is 0 Å². The van der Waals surface area contributed by atoms with Gasteiger partial charge in [0.2, 0.25) is 5.91 Å². The van der Waals surface area contributed by atoms with Crippen molar-refractivity contribution < 1.29 is 19.1 Å². The topological polar surface area (TPSA) is 72.9 Å². The van der Waals surface area contributed by atoms with Gasteiger partial charge in [-0.3, -0.25) is 4.79 Å². The van der Waals surface area contributed by atoms with Crippen molar-refractivity contribution in [3.05, 3.63) is 89.2 Å². The van der Waals surface area contributed by atoms with Gasteiger partial charge in [0.15, 0.2) is 0 Å². The Labute approximate surface area is 201 Å². The second-order valence-electron chi connectivity index (χ2n) is 8.70. The molecule has 6 nitrogen and oxygen atoms in total. The number of likely N-dealkylation sites (tertiary alicyclic amines) is 1. The van der Waals surface area contributed by atoms with Gasteiger partial charge in [-0.05, 0) is 66.9 Å². The van der Waals surface area contributed by atoms with Crippen LogP contribution >= 0.6 is 11.6 Å². The average molecular weight is 480 g/mol. The molecule has 3 amide bonds. The van der Waals surface area contributed by atoms with Gasteiger partial charge in [-0.2, -0.15) is 0 Å². The van der Waals surface area contributed by atoms with Crippen molar-refractivity contribution in [2.24, 2.45) is 5.41 Å². The first-order chi connectivity index (χ1) is 16.4. The second-order valence-corrected chi connectivity index (χ2v) is 9.11. The number of aromatic hydroxyl groups is 1. The minimum atomic E-state index is -0.674. The number of halogens is 2. The first kappa shape index (κ1) is 22.2. The molecule has 2 fully saturated rings. The summed E-state index contributed by atoms with van der Waals surface area (Å²) < 4.78 is 13.5. The highest BCUT2D eigenvalue weighted by Gasteiger charge is 2.62. The molecule has 34 heavy (non-hydrogen) atoms. The fourth-order valence-corrected chi connectivity index (χ4v) is 5.18. The lowest BCUT2D eigenvalue weighted by molar-refractivity contribution is -0.144. The highest BCUT2D eigenvalue weighted by molar-refractivity contribution is 6.33. The SMILES string of the molecule is O=C(Nc1ccccc1Cl)N1CCC2(CC1)C(=O)N(c1ccc(F)cc1)C2c1ccc(O)cc1. The maximum atomic E-state index is 13.5. The lowest BCUT2D eigenvalue weighted by atomic mass is 9.62. The molecule has 1 spiro atoms.